The molecule has 5 aromatic rings. The topological polar surface area (TPSA) is 99.8 Å². The standard InChI is InChI=1S/C21H13ClN4O3/c22-12-8-9-14-16(10-12)23-18-17(19(14)27)21(29)26(25-20(18)28)24-15-7-3-5-11-4-1-2-6-13(11)15/h1-10,24H,(H,23,27)(H,25,28). The minimum Gasteiger partial charge on any atom is -0.350 e. The van der Waals surface area contributed by atoms with Crippen molar-refractivity contribution in [1.82, 2.24) is 14.9 Å². The first kappa shape index (κ1) is 17.3. The minimum atomic E-state index is -0.661. The number of fused-ring (bicyclic) bond motifs is 3. The largest absolute Gasteiger partial charge is 0.350 e. The summed E-state index contributed by atoms with van der Waals surface area (Å²) < 4.78 is 0. The highest BCUT2D eigenvalue weighted by molar-refractivity contribution is 6.31. The van der Waals surface area contributed by atoms with E-state index in [9.17, 15) is 14.4 Å². The molecule has 0 fully saturated rings. The van der Waals surface area contributed by atoms with Crippen molar-refractivity contribution in [2.45, 2.75) is 0 Å². The van der Waals surface area contributed by atoms with Crippen molar-refractivity contribution in [3.05, 3.63) is 96.6 Å². The van der Waals surface area contributed by atoms with Crippen LogP contribution in [0.2, 0.25) is 5.02 Å². The Morgan fingerprint density at radius 1 is 0.897 bits per heavy atom. The lowest BCUT2D eigenvalue weighted by atomic mass is 10.1. The molecule has 0 aliphatic rings. The Labute approximate surface area is 167 Å². The fourth-order valence-electron chi connectivity index (χ4n) is 3.48. The van der Waals surface area contributed by atoms with E-state index < -0.39 is 16.5 Å². The molecule has 0 spiro atoms. The lowest BCUT2D eigenvalue weighted by molar-refractivity contribution is 0.736. The van der Waals surface area contributed by atoms with E-state index in [0.717, 1.165) is 15.6 Å². The van der Waals surface area contributed by atoms with E-state index in [-0.39, 0.29) is 16.3 Å². The van der Waals surface area contributed by atoms with Crippen LogP contribution in [-0.4, -0.2) is 14.9 Å². The molecule has 0 radical (unpaired) electrons. The summed E-state index contributed by atoms with van der Waals surface area (Å²) in [6.45, 7) is 0. The zero-order chi connectivity index (χ0) is 20.1. The molecular weight excluding hydrogens is 392 g/mol. The predicted molar refractivity (Wildman–Crippen MR) is 115 cm³/mol. The van der Waals surface area contributed by atoms with Crippen molar-refractivity contribution in [3.8, 4) is 0 Å². The molecule has 0 bridgehead atoms. The van der Waals surface area contributed by atoms with Crippen molar-refractivity contribution in [2.75, 3.05) is 5.43 Å². The summed E-state index contributed by atoms with van der Waals surface area (Å²) in [5, 5.41) is 4.77. The smallest absolute Gasteiger partial charge is 0.298 e. The van der Waals surface area contributed by atoms with Gasteiger partial charge in [0.2, 0.25) is 5.43 Å². The number of pyridine rings is 1. The maximum absolute atomic E-state index is 13.0. The van der Waals surface area contributed by atoms with Crippen molar-refractivity contribution < 1.29 is 0 Å². The number of H-pyrrole nitrogens is 2. The van der Waals surface area contributed by atoms with E-state index in [4.69, 9.17) is 11.6 Å². The van der Waals surface area contributed by atoms with Crippen LogP contribution in [0.3, 0.4) is 0 Å². The van der Waals surface area contributed by atoms with E-state index in [1.807, 2.05) is 36.4 Å². The van der Waals surface area contributed by atoms with Gasteiger partial charge >= 0.3 is 0 Å². The van der Waals surface area contributed by atoms with Gasteiger partial charge in [-0.1, -0.05) is 48.0 Å². The lowest BCUT2D eigenvalue weighted by Crippen LogP contribution is -2.37. The van der Waals surface area contributed by atoms with Gasteiger partial charge in [0.15, 0.2) is 0 Å². The maximum Gasteiger partial charge on any atom is 0.298 e. The quantitative estimate of drug-likeness (QED) is 0.393. The maximum atomic E-state index is 13.0. The highest BCUT2D eigenvalue weighted by atomic mass is 35.5. The molecule has 2 heterocycles. The van der Waals surface area contributed by atoms with E-state index in [1.165, 1.54) is 12.1 Å². The monoisotopic (exact) mass is 404 g/mol. The molecule has 7 nitrogen and oxygen atoms in total. The van der Waals surface area contributed by atoms with Gasteiger partial charge in [0.25, 0.3) is 11.1 Å². The first-order chi connectivity index (χ1) is 14.0. The number of nitrogens with one attached hydrogen (secondary N) is 3. The average molecular weight is 405 g/mol. The Balaban J connectivity index is 1.79. The molecule has 0 amide bonds. The van der Waals surface area contributed by atoms with E-state index in [1.54, 1.807) is 12.1 Å². The average Bonchev–Trinajstić information content (AvgIpc) is 2.72. The van der Waals surface area contributed by atoms with Crippen LogP contribution in [0.4, 0.5) is 5.69 Å². The van der Waals surface area contributed by atoms with Crippen LogP contribution in [0.25, 0.3) is 32.6 Å². The number of anilines is 1. The molecule has 3 N–H and O–H groups in total. The van der Waals surface area contributed by atoms with Crippen LogP contribution < -0.4 is 22.0 Å². The molecule has 3 aromatic carbocycles. The van der Waals surface area contributed by atoms with E-state index in [2.05, 4.69) is 15.5 Å². The third-order valence-corrected chi connectivity index (χ3v) is 5.08. The summed E-state index contributed by atoms with van der Waals surface area (Å²) in [5.41, 5.74) is 2.02. The Hall–Kier alpha value is -3.84. The molecule has 0 saturated carbocycles. The number of halogens is 1. The summed E-state index contributed by atoms with van der Waals surface area (Å²) in [6, 6.07) is 17.8. The van der Waals surface area contributed by atoms with Gasteiger partial charge in [-0.15, -0.1) is 0 Å². The Morgan fingerprint density at radius 2 is 1.69 bits per heavy atom. The predicted octanol–water partition coefficient (Wildman–Crippen LogP) is 3.21. The summed E-state index contributed by atoms with van der Waals surface area (Å²) in [5.74, 6) is 0. The third-order valence-electron chi connectivity index (χ3n) is 4.84. The summed E-state index contributed by atoms with van der Waals surface area (Å²) in [4.78, 5) is 42.4. The second kappa shape index (κ2) is 6.35. The minimum absolute atomic E-state index is 0.0919. The molecule has 0 aliphatic carbocycles. The molecule has 0 saturated heterocycles. The van der Waals surface area contributed by atoms with Crippen LogP contribution in [0.15, 0.2) is 75.0 Å². The number of nitrogens with zero attached hydrogens (tertiary/aromatic N) is 1. The molecule has 8 heteroatoms. The number of rotatable bonds is 2. The molecule has 0 aliphatic heterocycles. The molecular formula is C21H13ClN4O3. The molecule has 142 valence electrons. The number of hydrogen-bond donors (Lipinski definition) is 3. The number of aromatic nitrogens is 3. The highest BCUT2D eigenvalue weighted by Crippen LogP contribution is 2.22. The van der Waals surface area contributed by atoms with Crippen LogP contribution in [0.5, 0.6) is 0 Å². The molecule has 2 aromatic heterocycles. The number of benzene rings is 3. The normalized spacial score (nSPS) is 11.3. The van der Waals surface area contributed by atoms with Crippen molar-refractivity contribution in [3.63, 3.8) is 0 Å². The molecule has 0 unspecified atom stereocenters. The zero-order valence-electron chi connectivity index (χ0n) is 14.8. The van der Waals surface area contributed by atoms with Gasteiger partial charge in [0.05, 0.1) is 11.2 Å². The highest BCUT2D eigenvalue weighted by Gasteiger charge is 2.15. The Morgan fingerprint density at radius 3 is 2.55 bits per heavy atom. The summed E-state index contributed by atoms with van der Waals surface area (Å²) in [7, 11) is 0. The fourth-order valence-corrected chi connectivity index (χ4v) is 3.65. The van der Waals surface area contributed by atoms with E-state index in [0.29, 0.717) is 16.2 Å². The summed E-state index contributed by atoms with van der Waals surface area (Å²) >= 11 is 5.97. The molecule has 29 heavy (non-hydrogen) atoms. The number of aromatic amines is 2. The summed E-state index contributed by atoms with van der Waals surface area (Å²) in [6.07, 6.45) is 0. The van der Waals surface area contributed by atoms with Gasteiger partial charge in [-0.05, 0) is 29.7 Å². The van der Waals surface area contributed by atoms with Gasteiger partial charge < -0.3 is 4.98 Å². The van der Waals surface area contributed by atoms with Gasteiger partial charge in [-0.3, -0.25) is 19.8 Å². The number of hydrogen-bond acceptors (Lipinski definition) is 4. The van der Waals surface area contributed by atoms with Crippen molar-refractivity contribution in [2.24, 2.45) is 0 Å². The second-order valence-electron chi connectivity index (χ2n) is 6.61. The van der Waals surface area contributed by atoms with Crippen LogP contribution in [0, 0.1) is 0 Å². The first-order valence-corrected chi connectivity index (χ1v) is 9.16. The lowest BCUT2D eigenvalue weighted by Gasteiger charge is -2.12. The zero-order valence-corrected chi connectivity index (χ0v) is 15.6. The third kappa shape index (κ3) is 2.71. The van der Waals surface area contributed by atoms with Crippen LogP contribution >= 0.6 is 11.6 Å². The van der Waals surface area contributed by atoms with Gasteiger partial charge in [-0.25, -0.2) is 5.10 Å². The SMILES string of the molecule is O=c1[nH]n(Nc2cccc3ccccc23)c(=O)c2c(=O)c3ccc(Cl)cc3[nH]c12. The molecule has 0 atom stereocenters. The first-order valence-electron chi connectivity index (χ1n) is 8.78. The van der Waals surface area contributed by atoms with Gasteiger partial charge in [-0.2, -0.15) is 4.79 Å². The van der Waals surface area contributed by atoms with Crippen molar-refractivity contribution >= 4 is 49.9 Å². The Bertz CT molecular complexity index is 1610. The Kier molecular flexibility index (Phi) is 3.78. The van der Waals surface area contributed by atoms with E-state index >= 15 is 0 Å². The van der Waals surface area contributed by atoms with Crippen molar-refractivity contribution in [1.29, 1.82) is 0 Å². The molecule has 5 rings (SSSR count). The second-order valence-corrected chi connectivity index (χ2v) is 7.05. The fraction of sp³-hybridized carbons (Fsp3) is 0. The van der Waals surface area contributed by atoms with Gasteiger partial charge in [0, 0.05) is 15.8 Å². The van der Waals surface area contributed by atoms with Crippen LogP contribution in [0.1, 0.15) is 0 Å². The van der Waals surface area contributed by atoms with Gasteiger partial charge in [0.1, 0.15) is 10.9 Å². The van der Waals surface area contributed by atoms with Crippen LogP contribution in [-0.2, 0) is 0 Å².